The van der Waals surface area contributed by atoms with Crippen molar-refractivity contribution in [2.45, 2.75) is 23.0 Å². The highest BCUT2D eigenvalue weighted by molar-refractivity contribution is 9.10. The van der Waals surface area contributed by atoms with E-state index in [1.807, 2.05) is 18.2 Å². The number of nitrogens with one attached hydrogen (secondary N) is 1. The third-order valence-corrected chi connectivity index (χ3v) is 5.53. The Morgan fingerprint density at radius 3 is 2.54 bits per heavy atom. The van der Waals surface area contributed by atoms with Crippen LogP contribution in [0.1, 0.15) is 12.8 Å². The first-order valence-corrected chi connectivity index (χ1v) is 6.56. The number of halogens is 1. The normalized spacial score (nSPS) is 21.0. The third kappa shape index (κ3) is 1.65. The summed E-state index contributed by atoms with van der Waals surface area (Å²) in [4.78, 5) is 0.650. The zero-order valence-electron chi connectivity index (χ0n) is 7.00. The van der Waals surface area contributed by atoms with E-state index in [-0.39, 0.29) is 5.25 Å². The molecule has 1 N–H and O–H groups in total. The van der Waals surface area contributed by atoms with Gasteiger partial charge in [-0.2, -0.15) is 0 Å². The van der Waals surface area contributed by atoms with Crippen LogP contribution in [0.2, 0.25) is 0 Å². The molecule has 2 nitrogen and oxygen atoms in total. The molecule has 0 saturated heterocycles. The van der Waals surface area contributed by atoms with Crippen LogP contribution in [0.4, 0.5) is 0 Å². The van der Waals surface area contributed by atoms with E-state index in [1.165, 1.54) is 0 Å². The standard InChI is InChI=1S/C9H10BrNOS/c10-8-3-1-2-4-9(8)13(11,12)7-5-6-7/h1-4,7,11H,5-6H2/t13-/m1/s1. The van der Waals surface area contributed by atoms with Crippen LogP contribution in [0, 0.1) is 4.78 Å². The molecular weight excluding hydrogens is 250 g/mol. The maximum atomic E-state index is 12.0. The second-order valence-electron chi connectivity index (χ2n) is 3.23. The van der Waals surface area contributed by atoms with E-state index in [4.69, 9.17) is 4.78 Å². The van der Waals surface area contributed by atoms with E-state index in [0.717, 1.165) is 17.3 Å². The highest BCUT2D eigenvalue weighted by atomic mass is 79.9. The van der Waals surface area contributed by atoms with Gasteiger partial charge in [0.15, 0.2) is 0 Å². The minimum absolute atomic E-state index is 0.0891. The Kier molecular flexibility index (Phi) is 2.20. The highest BCUT2D eigenvalue weighted by Crippen LogP contribution is 2.36. The third-order valence-electron chi connectivity index (χ3n) is 2.16. The van der Waals surface area contributed by atoms with Crippen molar-refractivity contribution >= 4 is 25.7 Å². The summed E-state index contributed by atoms with van der Waals surface area (Å²) in [6, 6.07) is 7.32. The molecule has 1 saturated carbocycles. The topological polar surface area (TPSA) is 40.9 Å². The van der Waals surface area contributed by atoms with Crippen LogP contribution in [-0.2, 0) is 9.73 Å². The van der Waals surface area contributed by atoms with Crippen LogP contribution in [0.25, 0.3) is 0 Å². The lowest BCUT2D eigenvalue weighted by Gasteiger charge is -2.07. The average Bonchev–Trinajstić information content (AvgIpc) is 2.86. The van der Waals surface area contributed by atoms with Crippen LogP contribution in [0.5, 0.6) is 0 Å². The molecule has 0 radical (unpaired) electrons. The zero-order chi connectivity index (χ0) is 9.47. The first-order valence-electron chi connectivity index (χ1n) is 4.14. The van der Waals surface area contributed by atoms with Crippen LogP contribution in [-0.4, -0.2) is 9.46 Å². The summed E-state index contributed by atoms with van der Waals surface area (Å²) < 4.78 is 20.6. The van der Waals surface area contributed by atoms with E-state index in [9.17, 15) is 4.21 Å². The van der Waals surface area contributed by atoms with Crippen molar-refractivity contribution in [2.75, 3.05) is 0 Å². The number of rotatable bonds is 2. The lowest BCUT2D eigenvalue weighted by atomic mass is 10.4. The smallest absolute Gasteiger partial charge is 0.0766 e. The van der Waals surface area contributed by atoms with Crippen LogP contribution < -0.4 is 0 Å². The quantitative estimate of drug-likeness (QED) is 0.872. The van der Waals surface area contributed by atoms with Gasteiger partial charge in [0.1, 0.15) is 0 Å². The fraction of sp³-hybridized carbons (Fsp3) is 0.333. The van der Waals surface area contributed by atoms with Gasteiger partial charge in [-0.25, -0.2) is 8.99 Å². The highest BCUT2D eigenvalue weighted by Gasteiger charge is 2.34. The van der Waals surface area contributed by atoms with Gasteiger partial charge in [0.25, 0.3) is 0 Å². The Morgan fingerprint density at radius 2 is 2.00 bits per heavy atom. The van der Waals surface area contributed by atoms with Crippen LogP contribution >= 0.6 is 15.9 Å². The first kappa shape index (κ1) is 9.21. The predicted molar refractivity (Wildman–Crippen MR) is 56.3 cm³/mol. The summed E-state index contributed by atoms with van der Waals surface area (Å²) in [6.45, 7) is 0. The molecule has 0 spiro atoms. The summed E-state index contributed by atoms with van der Waals surface area (Å²) in [5.74, 6) is 0. The van der Waals surface area contributed by atoms with E-state index >= 15 is 0 Å². The molecule has 0 unspecified atom stereocenters. The second kappa shape index (κ2) is 3.10. The molecule has 1 atom stereocenters. The summed E-state index contributed by atoms with van der Waals surface area (Å²) in [7, 11) is -2.54. The lowest BCUT2D eigenvalue weighted by molar-refractivity contribution is 0.673. The van der Waals surface area contributed by atoms with Crippen LogP contribution in [0.3, 0.4) is 0 Å². The van der Waals surface area contributed by atoms with E-state index in [1.54, 1.807) is 6.07 Å². The molecule has 1 aliphatic rings. The molecular formula is C9H10BrNOS. The monoisotopic (exact) mass is 259 g/mol. The number of benzene rings is 1. The van der Waals surface area contributed by atoms with Gasteiger partial charge in [0.2, 0.25) is 0 Å². The molecule has 2 rings (SSSR count). The van der Waals surface area contributed by atoms with Gasteiger partial charge >= 0.3 is 0 Å². The Bertz CT molecular complexity index is 423. The lowest BCUT2D eigenvalue weighted by Crippen LogP contribution is -2.05. The molecule has 1 aromatic rings. The fourth-order valence-electron chi connectivity index (χ4n) is 1.27. The fourth-order valence-corrected chi connectivity index (χ4v) is 4.07. The molecule has 13 heavy (non-hydrogen) atoms. The van der Waals surface area contributed by atoms with Gasteiger partial charge in [0, 0.05) is 9.72 Å². The Morgan fingerprint density at radius 1 is 1.38 bits per heavy atom. The molecule has 0 amide bonds. The molecule has 0 aromatic heterocycles. The van der Waals surface area contributed by atoms with Crippen molar-refractivity contribution in [3.63, 3.8) is 0 Å². The summed E-state index contributed by atoms with van der Waals surface area (Å²) in [6.07, 6.45) is 1.87. The van der Waals surface area contributed by atoms with Crippen molar-refractivity contribution in [1.29, 1.82) is 4.78 Å². The molecule has 0 aliphatic heterocycles. The van der Waals surface area contributed by atoms with Crippen molar-refractivity contribution in [2.24, 2.45) is 0 Å². The molecule has 1 aromatic carbocycles. The molecule has 1 aliphatic carbocycles. The maximum Gasteiger partial charge on any atom is 0.0766 e. The largest absolute Gasteiger partial charge is 0.249 e. The van der Waals surface area contributed by atoms with Crippen molar-refractivity contribution in [3.8, 4) is 0 Å². The second-order valence-corrected chi connectivity index (χ2v) is 6.39. The van der Waals surface area contributed by atoms with E-state index < -0.39 is 9.73 Å². The van der Waals surface area contributed by atoms with Crippen molar-refractivity contribution in [1.82, 2.24) is 0 Å². The summed E-state index contributed by atoms with van der Waals surface area (Å²) >= 11 is 3.33. The zero-order valence-corrected chi connectivity index (χ0v) is 9.40. The van der Waals surface area contributed by atoms with Gasteiger partial charge in [0.05, 0.1) is 14.6 Å². The Hall–Kier alpha value is -0.350. The molecule has 0 heterocycles. The predicted octanol–water partition coefficient (Wildman–Crippen LogP) is 3.02. The van der Waals surface area contributed by atoms with Crippen LogP contribution in [0.15, 0.2) is 33.6 Å². The van der Waals surface area contributed by atoms with Gasteiger partial charge in [-0.1, -0.05) is 12.1 Å². The first-order chi connectivity index (χ1) is 6.12. The van der Waals surface area contributed by atoms with E-state index in [0.29, 0.717) is 4.90 Å². The van der Waals surface area contributed by atoms with Crippen molar-refractivity contribution in [3.05, 3.63) is 28.7 Å². The molecule has 4 heteroatoms. The minimum Gasteiger partial charge on any atom is -0.249 e. The summed E-state index contributed by atoms with van der Waals surface area (Å²) in [5.41, 5.74) is 0. The molecule has 1 fully saturated rings. The van der Waals surface area contributed by atoms with Gasteiger partial charge in [-0.05, 0) is 40.9 Å². The molecule has 0 bridgehead atoms. The average molecular weight is 260 g/mol. The van der Waals surface area contributed by atoms with Crippen molar-refractivity contribution < 1.29 is 4.21 Å². The van der Waals surface area contributed by atoms with Gasteiger partial charge in [-0.3, -0.25) is 0 Å². The van der Waals surface area contributed by atoms with E-state index in [2.05, 4.69) is 15.9 Å². The Labute approximate surface area is 86.5 Å². The maximum absolute atomic E-state index is 12.0. The number of hydrogen-bond donors (Lipinski definition) is 1. The summed E-state index contributed by atoms with van der Waals surface area (Å²) in [5, 5.41) is 0.0891. The van der Waals surface area contributed by atoms with Gasteiger partial charge in [-0.15, -0.1) is 0 Å². The Balaban J connectivity index is 2.51. The SMILES string of the molecule is N=[S@](=O)(c1ccccc1Br)C1CC1. The number of hydrogen-bond acceptors (Lipinski definition) is 2. The molecule has 70 valence electrons. The van der Waals surface area contributed by atoms with Gasteiger partial charge < -0.3 is 0 Å². The minimum atomic E-state index is -2.54.